The standard InChI is InChI=1S/C18H15NO4/c1-23-16-9-6-13-4-5-14(18(20)17(13)11-16)10-12-2-7-15(8-3-12)19(21)22/h2-3,6-11H,4-5H2,1H3/b14-10+. The molecule has 0 heterocycles. The van der Waals surface area contributed by atoms with E-state index in [0.717, 1.165) is 17.5 Å². The molecule has 1 aliphatic rings. The van der Waals surface area contributed by atoms with Crippen LogP contribution in [0.1, 0.15) is 27.9 Å². The van der Waals surface area contributed by atoms with Gasteiger partial charge in [0, 0.05) is 23.3 Å². The highest BCUT2D eigenvalue weighted by atomic mass is 16.6. The molecule has 0 saturated heterocycles. The van der Waals surface area contributed by atoms with E-state index in [2.05, 4.69) is 0 Å². The summed E-state index contributed by atoms with van der Waals surface area (Å²) in [5.41, 5.74) is 3.22. The van der Waals surface area contributed by atoms with Gasteiger partial charge in [-0.15, -0.1) is 0 Å². The van der Waals surface area contributed by atoms with Gasteiger partial charge in [-0.05, 0) is 54.3 Å². The summed E-state index contributed by atoms with van der Waals surface area (Å²) in [5, 5.41) is 10.7. The van der Waals surface area contributed by atoms with Crippen molar-refractivity contribution in [2.24, 2.45) is 0 Å². The third-order valence-corrected chi connectivity index (χ3v) is 3.96. The van der Waals surface area contributed by atoms with Crippen molar-refractivity contribution in [3.63, 3.8) is 0 Å². The number of methoxy groups -OCH3 is 1. The Morgan fingerprint density at radius 3 is 2.52 bits per heavy atom. The van der Waals surface area contributed by atoms with E-state index in [1.165, 1.54) is 12.1 Å². The molecule has 0 amide bonds. The summed E-state index contributed by atoms with van der Waals surface area (Å²) in [6.07, 6.45) is 3.26. The summed E-state index contributed by atoms with van der Waals surface area (Å²) in [6.45, 7) is 0. The van der Waals surface area contributed by atoms with Crippen LogP contribution >= 0.6 is 0 Å². The van der Waals surface area contributed by atoms with Crippen molar-refractivity contribution >= 4 is 17.5 Å². The summed E-state index contributed by atoms with van der Waals surface area (Å²) < 4.78 is 5.18. The van der Waals surface area contributed by atoms with E-state index in [0.29, 0.717) is 23.3 Å². The number of carbonyl (C=O) groups excluding carboxylic acids is 1. The van der Waals surface area contributed by atoms with Gasteiger partial charge in [-0.2, -0.15) is 0 Å². The van der Waals surface area contributed by atoms with Crippen LogP contribution in [0.2, 0.25) is 0 Å². The second-order valence-corrected chi connectivity index (χ2v) is 5.37. The highest BCUT2D eigenvalue weighted by Gasteiger charge is 2.22. The number of hydrogen-bond donors (Lipinski definition) is 0. The molecule has 0 radical (unpaired) electrons. The third-order valence-electron chi connectivity index (χ3n) is 3.96. The van der Waals surface area contributed by atoms with Gasteiger partial charge in [0.15, 0.2) is 5.78 Å². The quantitative estimate of drug-likeness (QED) is 0.491. The van der Waals surface area contributed by atoms with Crippen molar-refractivity contribution in [2.75, 3.05) is 7.11 Å². The van der Waals surface area contributed by atoms with E-state index in [1.54, 1.807) is 31.4 Å². The Kier molecular flexibility index (Phi) is 3.93. The fourth-order valence-electron chi connectivity index (χ4n) is 2.70. The average Bonchev–Trinajstić information content (AvgIpc) is 2.57. The van der Waals surface area contributed by atoms with Gasteiger partial charge in [-0.3, -0.25) is 14.9 Å². The average molecular weight is 309 g/mol. The minimum absolute atomic E-state index is 0.0106. The first-order chi connectivity index (χ1) is 11.1. The zero-order chi connectivity index (χ0) is 16.4. The number of allylic oxidation sites excluding steroid dienone is 1. The maximum Gasteiger partial charge on any atom is 0.269 e. The summed E-state index contributed by atoms with van der Waals surface area (Å²) in [5.74, 6) is 0.650. The Bertz CT molecular complexity index is 806. The number of ketones is 1. The number of benzene rings is 2. The van der Waals surface area contributed by atoms with E-state index in [4.69, 9.17) is 4.74 Å². The highest BCUT2D eigenvalue weighted by molar-refractivity contribution is 6.13. The van der Waals surface area contributed by atoms with Gasteiger partial charge < -0.3 is 4.74 Å². The number of carbonyl (C=O) groups is 1. The molecule has 0 unspecified atom stereocenters. The molecule has 0 spiro atoms. The van der Waals surface area contributed by atoms with Crippen LogP contribution in [0.5, 0.6) is 5.75 Å². The maximum atomic E-state index is 12.6. The molecule has 5 heteroatoms. The molecule has 23 heavy (non-hydrogen) atoms. The minimum Gasteiger partial charge on any atom is -0.497 e. The monoisotopic (exact) mass is 309 g/mol. The molecular formula is C18H15NO4. The van der Waals surface area contributed by atoms with Crippen LogP contribution in [-0.4, -0.2) is 17.8 Å². The van der Waals surface area contributed by atoms with Crippen LogP contribution in [0.4, 0.5) is 5.69 Å². The summed E-state index contributed by atoms with van der Waals surface area (Å²) in [6, 6.07) is 11.7. The van der Waals surface area contributed by atoms with Crippen molar-refractivity contribution in [3.05, 3.63) is 74.8 Å². The summed E-state index contributed by atoms with van der Waals surface area (Å²) in [4.78, 5) is 22.9. The summed E-state index contributed by atoms with van der Waals surface area (Å²) in [7, 11) is 1.57. The smallest absolute Gasteiger partial charge is 0.269 e. The van der Waals surface area contributed by atoms with Crippen LogP contribution in [0, 0.1) is 10.1 Å². The lowest BCUT2D eigenvalue weighted by Gasteiger charge is -2.18. The number of ether oxygens (including phenoxy) is 1. The molecule has 2 aromatic rings. The van der Waals surface area contributed by atoms with Gasteiger partial charge in [-0.1, -0.05) is 6.07 Å². The number of nitrogens with zero attached hydrogens (tertiary/aromatic N) is 1. The number of aryl methyl sites for hydroxylation is 1. The molecule has 0 N–H and O–H groups in total. The molecule has 1 aliphatic carbocycles. The normalized spacial score (nSPS) is 15.3. The fraction of sp³-hybridized carbons (Fsp3) is 0.167. The number of fused-ring (bicyclic) bond motifs is 1. The number of nitro benzene ring substituents is 1. The fourth-order valence-corrected chi connectivity index (χ4v) is 2.70. The lowest BCUT2D eigenvalue weighted by molar-refractivity contribution is -0.384. The molecule has 5 nitrogen and oxygen atoms in total. The van der Waals surface area contributed by atoms with Crippen LogP contribution in [0.15, 0.2) is 48.0 Å². The number of rotatable bonds is 3. The molecule has 0 atom stereocenters. The predicted octanol–water partition coefficient (Wildman–Crippen LogP) is 3.82. The molecule has 0 bridgehead atoms. The van der Waals surface area contributed by atoms with Gasteiger partial charge in [0.1, 0.15) is 5.75 Å². The third kappa shape index (κ3) is 2.99. The Morgan fingerprint density at radius 2 is 1.87 bits per heavy atom. The Hall–Kier alpha value is -2.95. The van der Waals surface area contributed by atoms with Gasteiger partial charge >= 0.3 is 0 Å². The Morgan fingerprint density at radius 1 is 1.13 bits per heavy atom. The number of Topliss-reactive ketones (excluding diaryl/α,β-unsaturated/α-hetero) is 1. The number of nitro groups is 1. The topological polar surface area (TPSA) is 69.4 Å². The molecule has 0 aromatic heterocycles. The molecule has 0 fully saturated rings. The maximum absolute atomic E-state index is 12.6. The van der Waals surface area contributed by atoms with E-state index < -0.39 is 4.92 Å². The lowest BCUT2D eigenvalue weighted by Crippen LogP contribution is -2.14. The van der Waals surface area contributed by atoms with E-state index in [1.807, 2.05) is 12.1 Å². The van der Waals surface area contributed by atoms with E-state index in [9.17, 15) is 14.9 Å². The molecule has 3 rings (SSSR count). The summed E-state index contributed by atoms with van der Waals surface area (Å²) >= 11 is 0. The molecular weight excluding hydrogens is 294 g/mol. The Balaban J connectivity index is 1.91. The van der Waals surface area contributed by atoms with Gasteiger partial charge in [0.2, 0.25) is 0 Å². The SMILES string of the molecule is COc1ccc2c(c1)C(=O)/C(=C/c1ccc([N+](=O)[O-])cc1)CC2. The van der Waals surface area contributed by atoms with E-state index in [-0.39, 0.29) is 11.5 Å². The zero-order valence-electron chi connectivity index (χ0n) is 12.6. The molecule has 0 aliphatic heterocycles. The van der Waals surface area contributed by atoms with Crippen molar-refractivity contribution in [3.8, 4) is 5.75 Å². The first-order valence-corrected chi connectivity index (χ1v) is 7.25. The van der Waals surface area contributed by atoms with E-state index >= 15 is 0 Å². The van der Waals surface area contributed by atoms with Crippen molar-refractivity contribution in [1.29, 1.82) is 0 Å². The van der Waals surface area contributed by atoms with Gasteiger partial charge in [-0.25, -0.2) is 0 Å². The second-order valence-electron chi connectivity index (χ2n) is 5.37. The largest absolute Gasteiger partial charge is 0.497 e. The predicted molar refractivity (Wildman–Crippen MR) is 86.7 cm³/mol. The molecule has 116 valence electrons. The number of hydrogen-bond acceptors (Lipinski definition) is 4. The van der Waals surface area contributed by atoms with Gasteiger partial charge in [0.25, 0.3) is 5.69 Å². The molecule has 0 saturated carbocycles. The Labute approximate surface area is 133 Å². The van der Waals surface area contributed by atoms with Crippen molar-refractivity contribution < 1.29 is 14.5 Å². The van der Waals surface area contributed by atoms with Crippen molar-refractivity contribution in [1.82, 2.24) is 0 Å². The second kappa shape index (κ2) is 6.04. The van der Waals surface area contributed by atoms with Crippen molar-refractivity contribution in [2.45, 2.75) is 12.8 Å². The first-order valence-electron chi connectivity index (χ1n) is 7.25. The van der Waals surface area contributed by atoms with Crippen LogP contribution in [-0.2, 0) is 6.42 Å². The highest BCUT2D eigenvalue weighted by Crippen LogP contribution is 2.29. The minimum atomic E-state index is -0.439. The zero-order valence-corrected chi connectivity index (χ0v) is 12.6. The van der Waals surface area contributed by atoms with Crippen LogP contribution < -0.4 is 4.74 Å². The molecule has 2 aromatic carbocycles. The van der Waals surface area contributed by atoms with Crippen LogP contribution in [0.3, 0.4) is 0 Å². The number of non-ortho nitro benzene ring substituents is 1. The van der Waals surface area contributed by atoms with Gasteiger partial charge in [0.05, 0.1) is 12.0 Å². The first kappa shape index (κ1) is 15.0. The van der Waals surface area contributed by atoms with Crippen LogP contribution in [0.25, 0.3) is 6.08 Å². The lowest BCUT2D eigenvalue weighted by atomic mass is 9.86.